The molecule has 0 atom stereocenters. The highest BCUT2D eigenvalue weighted by molar-refractivity contribution is 5.91. The summed E-state index contributed by atoms with van der Waals surface area (Å²) in [5.41, 5.74) is 6.26. The van der Waals surface area contributed by atoms with Gasteiger partial charge in [0.15, 0.2) is 5.52 Å². The van der Waals surface area contributed by atoms with Gasteiger partial charge in [-0.1, -0.05) is 6.07 Å². The van der Waals surface area contributed by atoms with Crippen LogP contribution < -0.4 is 10.5 Å². The molecule has 1 aromatic heterocycles. The molecule has 1 fully saturated rings. The van der Waals surface area contributed by atoms with Crippen molar-refractivity contribution in [1.82, 2.24) is 4.98 Å². The smallest absolute Gasteiger partial charge is 0.295 e. The van der Waals surface area contributed by atoms with E-state index < -0.39 is 4.92 Å². The second kappa shape index (κ2) is 5.65. The van der Waals surface area contributed by atoms with Crippen LogP contribution in [0, 0.1) is 10.1 Å². The van der Waals surface area contributed by atoms with Crippen LogP contribution in [-0.2, 0) is 0 Å². The largest absolute Gasteiger partial charge is 0.490 e. The van der Waals surface area contributed by atoms with Crippen LogP contribution in [-0.4, -0.2) is 22.1 Å². The molecule has 1 heterocycles. The first-order valence-corrected chi connectivity index (χ1v) is 7.09. The molecule has 0 spiro atoms. The molecule has 1 aromatic carbocycles. The highest BCUT2D eigenvalue weighted by Gasteiger charge is 2.21. The molecule has 110 valence electrons. The molecule has 0 radical (unpaired) electrons. The third-order valence-corrected chi connectivity index (χ3v) is 3.92. The maximum Gasteiger partial charge on any atom is 0.295 e. The molecule has 2 aromatic rings. The van der Waals surface area contributed by atoms with E-state index in [1.165, 1.54) is 6.07 Å². The van der Waals surface area contributed by atoms with E-state index in [4.69, 9.17) is 10.5 Å². The lowest BCUT2D eigenvalue weighted by atomic mass is 9.93. The van der Waals surface area contributed by atoms with E-state index >= 15 is 0 Å². The quantitative estimate of drug-likeness (QED) is 0.692. The Hall–Kier alpha value is -2.21. The van der Waals surface area contributed by atoms with E-state index in [-0.39, 0.29) is 17.8 Å². The zero-order valence-corrected chi connectivity index (χ0v) is 11.6. The highest BCUT2D eigenvalue weighted by atomic mass is 16.6. The Balaban J connectivity index is 1.92. The average molecular weight is 287 g/mol. The number of aromatic nitrogens is 1. The molecule has 0 saturated heterocycles. The summed E-state index contributed by atoms with van der Waals surface area (Å²) in [6.07, 6.45) is 5.41. The van der Waals surface area contributed by atoms with Crippen molar-refractivity contribution >= 4 is 16.6 Å². The lowest BCUT2D eigenvalue weighted by Gasteiger charge is -2.27. The summed E-state index contributed by atoms with van der Waals surface area (Å²) in [6.45, 7) is 0. The molecule has 0 aliphatic heterocycles. The fourth-order valence-corrected chi connectivity index (χ4v) is 2.77. The molecule has 2 N–H and O–H groups in total. The normalized spacial score (nSPS) is 22.1. The van der Waals surface area contributed by atoms with Crippen LogP contribution in [0.2, 0.25) is 0 Å². The van der Waals surface area contributed by atoms with Gasteiger partial charge in [-0.25, -0.2) is 4.98 Å². The van der Waals surface area contributed by atoms with Crippen molar-refractivity contribution in [1.29, 1.82) is 0 Å². The monoisotopic (exact) mass is 287 g/mol. The summed E-state index contributed by atoms with van der Waals surface area (Å²) >= 11 is 0. The SMILES string of the molecule is NC1CCC(Oc2ccnc3c([N+](=O)[O-])cccc23)CC1. The van der Waals surface area contributed by atoms with Crippen LogP contribution in [0.1, 0.15) is 25.7 Å². The van der Waals surface area contributed by atoms with E-state index in [1.54, 1.807) is 24.4 Å². The van der Waals surface area contributed by atoms with Gasteiger partial charge in [0.2, 0.25) is 0 Å². The molecular formula is C15H17N3O3. The van der Waals surface area contributed by atoms with Crippen molar-refractivity contribution in [3.05, 3.63) is 40.6 Å². The number of nitrogens with zero attached hydrogens (tertiary/aromatic N) is 2. The number of rotatable bonds is 3. The van der Waals surface area contributed by atoms with E-state index in [0.29, 0.717) is 16.7 Å². The Bertz CT molecular complexity index is 666. The van der Waals surface area contributed by atoms with Crippen molar-refractivity contribution in [3.63, 3.8) is 0 Å². The Morgan fingerprint density at radius 2 is 2.00 bits per heavy atom. The van der Waals surface area contributed by atoms with Gasteiger partial charge in [-0.2, -0.15) is 0 Å². The molecule has 21 heavy (non-hydrogen) atoms. The highest BCUT2D eigenvalue weighted by Crippen LogP contribution is 2.32. The molecule has 6 heteroatoms. The van der Waals surface area contributed by atoms with Gasteiger partial charge in [0.05, 0.1) is 11.0 Å². The van der Waals surface area contributed by atoms with Gasteiger partial charge in [-0.3, -0.25) is 10.1 Å². The number of pyridine rings is 1. The molecule has 1 aliphatic carbocycles. The Kier molecular flexibility index (Phi) is 3.70. The van der Waals surface area contributed by atoms with E-state index in [0.717, 1.165) is 25.7 Å². The first kappa shape index (κ1) is 13.8. The van der Waals surface area contributed by atoms with Gasteiger partial charge in [0.25, 0.3) is 5.69 Å². The lowest BCUT2D eigenvalue weighted by molar-refractivity contribution is -0.383. The van der Waals surface area contributed by atoms with Crippen LogP contribution >= 0.6 is 0 Å². The standard InChI is InChI=1S/C15H17N3O3/c16-10-4-6-11(7-5-10)21-14-8-9-17-15-12(14)2-1-3-13(15)18(19)20/h1-3,8-11H,4-7,16H2. The number of nitrogens with two attached hydrogens (primary N) is 1. The minimum absolute atomic E-state index is 0.00335. The summed E-state index contributed by atoms with van der Waals surface area (Å²) in [4.78, 5) is 14.8. The number of benzene rings is 1. The molecule has 0 amide bonds. The number of nitro groups is 1. The molecule has 1 aliphatic rings. The fraction of sp³-hybridized carbons (Fsp3) is 0.400. The number of non-ortho nitro benzene ring substituents is 1. The van der Waals surface area contributed by atoms with Crippen molar-refractivity contribution in [2.24, 2.45) is 5.73 Å². The van der Waals surface area contributed by atoms with Gasteiger partial charge in [0, 0.05) is 23.7 Å². The van der Waals surface area contributed by atoms with Crippen LogP contribution in [0.25, 0.3) is 10.9 Å². The lowest BCUT2D eigenvalue weighted by Crippen LogP contribution is -2.31. The Labute approximate surface area is 122 Å². The zero-order chi connectivity index (χ0) is 14.8. The topological polar surface area (TPSA) is 91.3 Å². The number of nitro benzene ring substituents is 1. The Morgan fingerprint density at radius 1 is 1.24 bits per heavy atom. The van der Waals surface area contributed by atoms with Crippen LogP contribution in [0.5, 0.6) is 5.75 Å². The first-order chi connectivity index (χ1) is 10.1. The third kappa shape index (κ3) is 2.80. The fourth-order valence-electron chi connectivity index (χ4n) is 2.77. The minimum Gasteiger partial charge on any atom is -0.490 e. The predicted molar refractivity (Wildman–Crippen MR) is 79.3 cm³/mol. The predicted octanol–water partition coefficient (Wildman–Crippen LogP) is 2.79. The van der Waals surface area contributed by atoms with Crippen molar-refractivity contribution in [2.75, 3.05) is 0 Å². The number of fused-ring (bicyclic) bond motifs is 1. The first-order valence-electron chi connectivity index (χ1n) is 7.09. The van der Waals surface area contributed by atoms with Crippen molar-refractivity contribution < 1.29 is 9.66 Å². The second-order valence-corrected chi connectivity index (χ2v) is 5.39. The maximum atomic E-state index is 11.1. The zero-order valence-electron chi connectivity index (χ0n) is 11.6. The van der Waals surface area contributed by atoms with E-state index in [1.807, 2.05) is 0 Å². The molecular weight excluding hydrogens is 270 g/mol. The molecule has 0 bridgehead atoms. The molecule has 1 saturated carbocycles. The average Bonchev–Trinajstić information content (AvgIpc) is 2.49. The molecule has 3 rings (SSSR count). The Morgan fingerprint density at radius 3 is 2.71 bits per heavy atom. The summed E-state index contributed by atoms with van der Waals surface area (Å²) in [6, 6.07) is 6.95. The number of para-hydroxylation sites is 1. The molecule has 0 unspecified atom stereocenters. The van der Waals surface area contributed by atoms with Gasteiger partial charge in [0.1, 0.15) is 5.75 Å². The third-order valence-electron chi connectivity index (χ3n) is 3.92. The van der Waals surface area contributed by atoms with Gasteiger partial charge >= 0.3 is 0 Å². The van der Waals surface area contributed by atoms with Gasteiger partial charge in [-0.05, 0) is 37.8 Å². The number of hydrogen-bond donors (Lipinski definition) is 1. The summed E-state index contributed by atoms with van der Waals surface area (Å²) < 4.78 is 6.03. The summed E-state index contributed by atoms with van der Waals surface area (Å²) in [5, 5.41) is 11.7. The van der Waals surface area contributed by atoms with Crippen molar-refractivity contribution in [2.45, 2.75) is 37.8 Å². The van der Waals surface area contributed by atoms with Gasteiger partial charge < -0.3 is 10.5 Å². The molecule has 6 nitrogen and oxygen atoms in total. The van der Waals surface area contributed by atoms with E-state index in [9.17, 15) is 10.1 Å². The van der Waals surface area contributed by atoms with Crippen LogP contribution in [0.3, 0.4) is 0 Å². The van der Waals surface area contributed by atoms with E-state index in [2.05, 4.69) is 4.98 Å². The van der Waals surface area contributed by atoms with Crippen LogP contribution in [0.15, 0.2) is 30.5 Å². The minimum atomic E-state index is -0.418. The second-order valence-electron chi connectivity index (χ2n) is 5.39. The van der Waals surface area contributed by atoms with Crippen molar-refractivity contribution in [3.8, 4) is 5.75 Å². The summed E-state index contributed by atoms with van der Waals surface area (Å²) in [5.74, 6) is 0.657. The number of hydrogen-bond acceptors (Lipinski definition) is 5. The summed E-state index contributed by atoms with van der Waals surface area (Å²) in [7, 11) is 0. The van der Waals surface area contributed by atoms with Gasteiger partial charge in [-0.15, -0.1) is 0 Å². The van der Waals surface area contributed by atoms with Crippen LogP contribution in [0.4, 0.5) is 5.69 Å². The number of ether oxygens (including phenoxy) is 1. The maximum absolute atomic E-state index is 11.1.